The highest BCUT2D eigenvalue weighted by Gasteiger charge is 2.23. The van der Waals surface area contributed by atoms with E-state index in [1.165, 1.54) is 13.2 Å². The lowest BCUT2D eigenvalue weighted by atomic mass is 10.1. The molecule has 0 bridgehead atoms. The minimum atomic E-state index is -3.08. The van der Waals surface area contributed by atoms with Gasteiger partial charge in [0.15, 0.2) is 11.5 Å². The third kappa shape index (κ3) is 6.45. The Labute approximate surface area is 146 Å². The Hall–Kier alpha value is -1.96. The summed E-state index contributed by atoms with van der Waals surface area (Å²) in [5, 5.41) is 11.4. The lowest BCUT2D eigenvalue weighted by molar-refractivity contribution is -0.385. The number of nitro groups is 1. The Balaban J connectivity index is 3.15. The molecule has 0 fully saturated rings. The van der Waals surface area contributed by atoms with E-state index in [0.717, 1.165) is 31.9 Å². The highest BCUT2D eigenvalue weighted by atomic mass is 19.3. The molecule has 0 saturated carbocycles. The van der Waals surface area contributed by atoms with E-state index in [-0.39, 0.29) is 23.2 Å². The van der Waals surface area contributed by atoms with E-state index in [0.29, 0.717) is 12.1 Å². The fraction of sp³-hybridized carbons (Fsp3) is 0.647. The van der Waals surface area contributed by atoms with Crippen LogP contribution >= 0.6 is 0 Å². The summed E-state index contributed by atoms with van der Waals surface area (Å²) in [6.07, 6.45) is 3.15. The summed E-state index contributed by atoms with van der Waals surface area (Å²) >= 11 is 0. The van der Waals surface area contributed by atoms with E-state index >= 15 is 0 Å². The third-order valence-corrected chi connectivity index (χ3v) is 3.93. The number of halogens is 2. The Bertz CT molecular complexity index is 568. The maximum absolute atomic E-state index is 12.5. The number of nitro benzene ring substituents is 1. The maximum atomic E-state index is 12.5. The molecule has 0 N–H and O–H groups in total. The Morgan fingerprint density at radius 1 is 1.24 bits per heavy atom. The van der Waals surface area contributed by atoms with Crippen molar-refractivity contribution in [3.8, 4) is 11.5 Å². The standard InChI is InChI=1S/C17H26F2N2O4/c1-5-6-7-8-20(12(2)3)11-13-9-15(24-4)16(25-17(18)19)10-14(13)21(22)23/h9-10,12,17H,5-8,11H2,1-4H3. The quantitative estimate of drug-likeness (QED) is 0.328. The largest absolute Gasteiger partial charge is 0.493 e. The van der Waals surface area contributed by atoms with Gasteiger partial charge in [-0.1, -0.05) is 19.8 Å². The van der Waals surface area contributed by atoms with Crippen LogP contribution in [0.5, 0.6) is 11.5 Å². The van der Waals surface area contributed by atoms with Gasteiger partial charge in [-0.05, 0) is 32.9 Å². The van der Waals surface area contributed by atoms with Gasteiger partial charge < -0.3 is 9.47 Å². The number of methoxy groups -OCH3 is 1. The van der Waals surface area contributed by atoms with Gasteiger partial charge in [0.2, 0.25) is 0 Å². The summed E-state index contributed by atoms with van der Waals surface area (Å²) in [5.41, 5.74) is 0.159. The fourth-order valence-electron chi connectivity index (χ4n) is 2.54. The number of ether oxygens (including phenoxy) is 2. The van der Waals surface area contributed by atoms with Crippen LogP contribution in [0.4, 0.5) is 14.5 Å². The number of rotatable bonds is 11. The van der Waals surface area contributed by atoms with Crippen LogP contribution in [-0.4, -0.2) is 36.1 Å². The van der Waals surface area contributed by atoms with Gasteiger partial charge in [0.1, 0.15) is 0 Å². The topological polar surface area (TPSA) is 64.8 Å². The van der Waals surface area contributed by atoms with Crippen molar-refractivity contribution < 1.29 is 23.2 Å². The van der Waals surface area contributed by atoms with Crippen molar-refractivity contribution in [2.75, 3.05) is 13.7 Å². The van der Waals surface area contributed by atoms with Gasteiger partial charge in [-0.3, -0.25) is 15.0 Å². The highest BCUT2D eigenvalue weighted by Crippen LogP contribution is 2.36. The van der Waals surface area contributed by atoms with E-state index in [1.54, 1.807) is 0 Å². The summed E-state index contributed by atoms with van der Waals surface area (Å²) in [5.74, 6) is -0.284. The monoisotopic (exact) mass is 360 g/mol. The first-order chi connectivity index (χ1) is 11.8. The van der Waals surface area contributed by atoms with E-state index in [9.17, 15) is 18.9 Å². The van der Waals surface area contributed by atoms with Crippen molar-refractivity contribution >= 4 is 5.69 Å². The molecule has 25 heavy (non-hydrogen) atoms. The molecule has 0 aliphatic carbocycles. The molecule has 1 aromatic carbocycles. The average Bonchev–Trinajstić information content (AvgIpc) is 2.53. The first-order valence-corrected chi connectivity index (χ1v) is 8.34. The first-order valence-electron chi connectivity index (χ1n) is 8.34. The van der Waals surface area contributed by atoms with Gasteiger partial charge in [-0.2, -0.15) is 8.78 Å². The van der Waals surface area contributed by atoms with E-state index in [4.69, 9.17) is 4.74 Å². The second-order valence-electron chi connectivity index (χ2n) is 6.04. The smallest absolute Gasteiger partial charge is 0.387 e. The van der Waals surface area contributed by atoms with Crippen LogP contribution in [0.3, 0.4) is 0 Å². The van der Waals surface area contributed by atoms with Crippen LogP contribution in [0, 0.1) is 10.1 Å². The Kier molecular flexibility index (Phi) is 8.54. The predicted octanol–water partition coefficient (Wildman–Crippen LogP) is 4.61. The number of nitrogens with zero attached hydrogens (tertiary/aromatic N) is 2. The van der Waals surface area contributed by atoms with Crippen LogP contribution < -0.4 is 9.47 Å². The average molecular weight is 360 g/mol. The van der Waals surface area contributed by atoms with Gasteiger partial charge in [-0.25, -0.2) is 0 Å². The van der Waals surface area contributed by atoms with Gasteiger partial charge >= 0.3 is 6.61 Å². The summed E-state index contributed by atoms with van der Waals surface area (Å²) in [6.45, 7) is 4.20. The zero-order chi connectivity index (χ0) is 19.0. The lowest BCUT2D eigenvalue weighted by Crippen LogP contribution is -2.31. The number of unbranched alkanes of at least 4 members (excludes halogenated alkanes) is 2. The Morgan fingerprint density at radius 2 is 1.92 bits per heavy atom. The molecule has 1 rings (SSSR count). The summed E-state index contributed by atoms with van der Waals surface area (Å²) in [6, 6.07) is 2.61. The predicted molar refractivity (Wildman–Crippen MR) is 91.4 cm³/mol. The normalized spacial score (nSPS) is 11.4. The van der Waals surface area contributed by atoms with Gasteiger partial charge in [-0.15, -0.1) is 0 Å². The molecular formula is C17H26F2N2O4. The molecule has 8 heteroatoms. The molecule has 0 aliphatic heterocycles. The number of hydrogen-bond acceptors (Lipinski definition) is 5. The molecule has 0 aliphatic rings. The summed E-state index contributed by atoms with van der Waals surface area (Å²) in [7, 11) is 1.31. The molecule has 0 unspecified atom stereocenters. The van der Waals surface area contributed by atoms with Crippen LogP contribution in [0.2, 0.25) is 0 Å². The number of alkyl halides is 2. The second-order valence-corrected chi connectivity index (χ2v) is 6.04. The minimum absolute atomic E-state index is 0.0539. The van der Waals surface area contributed by atoms with Crippen molar-refractivity contribution in [2.24, 2.45) is 0 Å². The van der Waals surface area contributed by atoms with Crippen molar-refractivity contribution in [1.29, 1.82) is 0 Å². The highest BCUT2D eigenvalue weighted by molar-refractivity contribution is 5.54. The molecule has 0 atom stereocenters. The molecule has 0 radical (unpaired) electrons. The van der Waals surface area contributed by atoms with Crippen LogP contribution in [0.15, 0.2) is 12.1 Å². The number of hydrogen-bond donors (Lipinski definition) is 0. The Morgan fingerprint density at radius 3 is 2.40 bits per heavy atom. The molecule has 0 spiro atoms. The minimum Gasteiger partial charge on any atom is -0.493 e. The molecule has 0 heterocycles. The van der Waals surface area contributed by atoms with E-state index < -0.39 is 11.5 Å². The van der Waals surface area contributed by atoms with Gasteiger partial charge in [0.25, 0.3) is 5.69 Å². The maximum Gasteiger partial charge on any atom is 0.387 e. The van der Waals surface area contributed by atoms with Crippen LogP contribution in [0.25, 0.3) is 0 Å². The first kappa shape index (κ1) is 21.1. The van der Waals surface area contributed by atoms with Gasteiger partial charge in [0.05, 0.1) is 18.1 Å². The van der Waals surface area contributed by atoms with Gasteiger partial charge in [0, 0.05) is 18.2 Å². The molecule has 142 valence electrons. The molecule has 0 aromatic heterocycles. The van der Waals surface area contributed by atoms with Crippen molar-refractivity contribution in [1.82, 2.24) is 4.90 Å². The molecule has 6 nitrogen and oxygen atoms in total. The zero-order valence-electron chi connectivity index (χ0n) is 15.1. The van der Waals surface area contributed by atoms with E-state index in [2.05, 4.69) is 16.6 Å². The van der Waals surface area contributed by atoms with Crippen molar-refractivity contribution in [3.63, 3.8) is 0 Å². The van der Waals surface area contributed by atoms with Crippen molar-refractivity contribution in [2.45, 2.75) is 59.2 Å². The molecule has 0 saturated heterocycles. The summed E-state index contributed by atoms with van der Waals surface area (Å²) < 4.78 is 34.4. The lowest BCUT2D eigenvalue weighted by Gasteiger charge is -2.26. The second kappa shape index (κ2) is 10.1. The third-order valence-electron chi connectivity index (χ3n) is 3.93. The SMILES string of the molecule is CCCCCN(Cc1cc(OC)c(OC(F)F)cc1[N+](=O)[O-])C(C)C. The zero-order valence-corrected chi connectivity index (χ0v) is 15.1. The van der Waals surface area contributed by atoms with Crippen LogP contribution in [0.1, 0.15) is 45.6 Å². The van der Waals surface area contributed by atoms with Crippen LogP contribution in [-0.2, 0) is 6.54 Å². The summed E-state index contributed by atoms with van der Waals surface area (Å²) in [4.78, 5) is 12.9. The molecular weight excluding hydrogens is 334 g/mol. The molecule has 1 aromatic rings. The number of benzene rings is 1. The molecule has 0 amide bonds. The fourth-order valence-corrected chi connectivity index (χ4v) is 2.54. The van der Waals surface area contributed by atoms with E-state index in [1.807, 2.05) is 13.8 Å². The van der Waals surface area contributed by atoms with Crippen molar-refractivity contribution in [3.05, 3.63) is 27.8 Å².